The molecule has 2 aromatic rings. The van der Waals surface area contributed by atoms with E-state index in [0.717, 1.165) is 16.7 Å². The lowest BCUT2D eigenvalue weighted by Crippen LogP contribution is -2.31. The number of hydrogen-bond acceptors (Lipinski definition) is 3. The Hall–Kier alpha value is -1.78. The maximum Gasteiger partial charge on any atom is 0.107 e. The minimum absolute atomic E-state index is 0.420. The van der Waals surface area contributed by atoms with Gasteiger partial charge in [0.1, 0.15) is 6.67 Å². The van der Waals surface area contributed by atoms with Crippen molar-refractivity contribution in [3.63, 3.8) is 0 Å². The number of benzene rings is 1. The van der Waals surface area contributed by atoms with Crippen molar-refractivity contribution in [1.82, 2.24) is 4.98 Å². The molecule has 0 saturated heterocycles. The van der Waals surface area contributed by atoms with E-state index in [1.807, 2.05) is 36.4 Å². The molecule has 3 nitrogen and oxygen atoms in total. The summed E-state index contributed by atoms with van der Waals surface area (Å²) in [5.74, 6) is 0. The predicted octanol–water partition coefficient (Wildman–Crippen LogP) is 2.73. The van der Waals surface area contributed by atoms with Crippen molar-refractivity contribution < 1.29 is 9.13 Å². The third kappa shape index (κ3) is 3.16. The zero-order chi connectivity index (χ0) is 13.7. The monoisotopic (exact) mass is 260 g/mol. The molecule has 4 heteroatoms. The normalized spacial score (nSPS) is 14.1. The standard InChI is InChI=1S/C15H17FN2O/c1-19-15(14(17)10-16)13-4-2-11(3-5-13)12-6-8-18-9-7-12/h2-9,14-15H,10,17H2,1H3. The second kappa shape index (κ2) is 6.41. The minimum atomic E-state index is -0.642. The van der Waals surface area contributed by atoms with Crippen molar-refractivity contribution in [3.8, 4) is 11.1 Å². The fourth-order valence-electron chi connectivity index (χ4n) is 2.05. The highest BCUT2D eigenvalue weighted by Gasteiger charge is 2.19. The summed E-state index contributed by atoms with van der Waals surface area (Å²) < 4.78 is 17.9. The molecule has 0 saturated carbocycles. The quantitative estimate of drug-likeness (QED) is 0.899. The molecule has 19 heavy (non-hydrogen) atoms. The highest BCUT2D eigenvalue weighted by Crippen LogP contribution is 2.24. The van der Waals surface area contributed by atoms with Gasteiger partial charge in [-0.2, -0.15) is 0 Å². The highest BCUT2D eigenvalue weighted by molar-refractivity contribution is 5.62. The Bertz CT molecular complexity index is 501. The van der Waals surface area contributed by atoms with Gasteiger partial charge < -0.3 is 10.5 Å². The fourth-order valence-corrected chi connectivity index (χ4v) is 2.05. The van der Waals surface area contributed by atoms with Crippen LogP contribution in [-0.4, -0.2) is 24.8 Å². The molecule has 0 aliphatic rings. The van der Waals surface area contributed by atoms with Crippen LogP contribution in [0.3, 0.4) is 0 Å². The summed E-state index contributed by atoms with van der Waals surface area (Å²) in [7, 11) is 1.54. The number of hydrogen-bond donors (Lipinski definition) is 1. The van der Waals surface area contributed by atoms with Crippen molar-refractivity contribution in [1.29, 1.82) is 0 Å². The number of rotatable bonds is 5. The van der Waals surface area contributed by atoms with Crippen LogP contribution in [0, 0.1) is 0 Å². The summed E-state index contributed by atoms with van der Waals surface area (Å²) in [5, 5.41) is 0. The molecule has 2 N–H and O–H groups in total. The second-order valence-electron chi connectivity index (χ2n) is 4.33. The van der Waals surface area contributed by atoms with E-state index in [9.17, 15) is 4.39 Å². The van der Waals surface area contributed by atoms with Gasteiger partial charge in [0.05, 0.1) is 12.1 Å². The molecule has 0 aliphatic heterocycles. The Morgan fingerprint density at radius 3 is 2.21 bits per heavy atom. The Morgan fingerprint density at radius 2 is 1.68 bits per heavy atom. The van der Waals surface area contributed by atoms with Crippen molar-refractivity contribution in [3.05, 3.63) is 54.4 Å². The van der Waals surface area contributed by atoms with Crippen LogP contribution in [0.2, 0.25) is 0 Å². The van der Waals surface area contributed by atoms with Crippen LogP contribution in [0.15, 0.2) is 48.8 Å². The molecule has 1 aromatic carbocycles. The number of ether oxygens (including phenoxy) is 1. The average molecular weight is 260 g/mol. The number of pyridine rings is 1. The number of aromatic nitrogens is 1. The van der Waals surface area contributed by atoms with Crippen LogP contribution in [0.1, 0.15) is 11.7 Å². The van der Waals surface area contributed by atoms with Gasteiger partial charge in [0.15, 0.2) is 0 Å². The smallest absolute Gasteiger partial charge is 0.107 e. The summed E-state index contributed by atoms with van der Waals surface area (Å²) in [6.45, 7) is -0.607. The van der Waals surface area contributed by atoms with Gasteiger partial charge in [-0.15, -0.1) is 0 Å². The van der Waals surface area contributed by atoms with Crippen molar-refractivity contribution in [2.75, 3.05) is 13.8 Å². The lowest BCUT2D eigenvalue weighted by atomic mass is 9.99. The molecular weight excluding hydrogens is 243 g/mol. The maximum atomic E-state index is 12.6. The Morgan fingerprint density at radius 1 is 1.11 bits per heavy atom. The summed E-state index contributed by atoms with van der Waals surface area (Å²) in [6, 6.07) is 11.0. The summed E-state index contributed by atoms with van der Waals surface area (Å²) in [4.78, 5) is 3.99. The molecule has 100 valence electrons. The first-order valence-corrected chi connectivity index (χ1v) is 6.11. The van der Waals surface area contributed by atoms with E-state index in [4.69, 9.17) is 10.5 Å². The molecule has 1 aromatic heterocycles. The van der Waals surface area contributed by atoms with E-state index in [1.54, 1.807) is 12.4 Å². The molecule has 0 spiro atoms. The lowest BCUT2D eigenvalue weighted by molar-refractivity contribution is 0.0721. The molecule has 2 unspecified atom stereocenters. The second-order valence-corrected chi connectivity index (χ2v) is 4.33. The van der Waals surface area contributed by atoms with E-state index in [0.29, 0.717) is 0 Å². The largest absolute Gasteiger partial charge is 0.375 e. The van der Waals surface area contributed by atoms with E-state index in [-0.39, 0.29) is 0 Å². The number of halogens is 1. The van der Waals surface area contributed by atoms with Crippen LogP contribution in [0.4, 0.5) is 4.39 Å². The molecule has 2 rings (SSSR count). The molecule has 0 fully saturated rings. The number of methoxy groups -OCH3 is 1. The third-order valence-corrected chi connectivity index (χ3v) is 3.07. The molecular formula is C15H17FN2O. The zero-order valence-electron chi connectivity index (χ0n) is 10.8. The number of nitrogens with two attached hydrogens (primary N) is 1. The molecule has 0 bridgehead atoms. The van der Waals surface area contributed by atoms with Gasteiger partial charge in [0, 0.05) is 19.5 Å². The van der Waals surface area contributed by atoms with Gasteiger partial charge >= 0.3 is 0 Å². The van der Waals surface area contributed by atoms with Crippen molar-refractivity contribution >= 4 is 0 Å². The van der Waals surface area contributed by atoms with E-state index >= 15 is 0 Å². The zero-order valence-corrected chi connectivity index (χ0v) is 10.8. The van der Waals surface area contributed by atoms with Crippen molar-refractivity contribution in [2.45, 2.75) is 12.1 Å². The molecule has 1 heterocycles. The lowest BCUT2D eigenvalue weighted by Gasteiger charge is -2.20. The van der Waals surface area contributed by atoms with Crippen LogP contribution >= 0.6 is 0 Å². The number of alkyl halides is 1. The fraction of sp³-hybridized carbons (Fsp3) is 0.267. The Labute approximate surface area is 112 Å². The SMILES string of the molecule is COC(c1ccc(-c2ccncc2)cc1)C(N)CF. The molecule has 0 radical (unpaired) electrons. The van der Waals surface area contributed by atoms with Gasteiger partial charge in [-0.3, -0.25) is 4.98 Å². The topological polar surface area (TPSA) is 48.1 Å². The maximum absolute atomic E-state index is 12.6. The van der Waals surface area contributed by atoms with Crippen LogP contribution < -0.4 is 5.73 Å². The van der Waals surface area contributed by atoms with Gasteiger partial charge in [-0.1, -0.05) is 24.3 Å². The highest BCUT2D eigenvalue weighted by atomic mass is 19.1. The van der Waals surface area contributed by atoms with Gasteiger partial charge in [0.25, 0.3) is 0 Å². The number of nitrogens with zero attached hydrogens (tertiary/aromatic N) is 1. The van der Waals surface area contributed by atoms with E-state index in [2.05, 4.69) is 4.98 Å². The summed E-state index contributed by atoms with van der Waals surface area (Å²) in [6.07, 6.45) is 3.08. The van der Waals surface area contributed by atoms with Gasteiger partial charge in [0.2, 0.25) is 0 Å². The van der Waals surface area contributed by atoms with Crippen LogP contribution in [-0.2, 0) is 4.74 Å². The first-order valence-electron chi connectivity index (χ1n) is 6.11. The van der Waals surface area contributed by atoms with E-state index < -0.39 is 18.8 Å². The van der Waals surface area contributed by atoms with E-state index in [1.165, 1.54) is 7.11 Å². The minimum Gasteiger partial charge on any atom is -0.375 e. The predicted molar refractivity (Wildman–Crippen MR) is 73.4 cm³/mol. The Kier molecular flexibility index (Phi) is 4.60. The summed E-state index contributed by atoms with van der Waals surface area (Å²) in [5.41, 5.74) is 8.75. The van der Waals surface area contributed by atoms with Crippen LogP contribution in [0.5, 0.6) is 0 Å². The van der Waals surface area contributed by atoms with Gasteiger partial charge in [-0.25, -0.2) is 4.39 Å². The molecule has 0 aliphatic carbocycles. The molecule has 0 amide bonds. The Balaban J connectivity index is 2.23. The third-order valence-electron chi connectivity index (χ3n) is 3.07. The van der Waals surface area contributed by atoms with Gasteiger partial charge in [-0.05, 0) is 28.8 Å². The van der Waals surface area contributed by atoms with Crippen molar-refractivity contribution in [2.24, 2.45) is 5.73 Å². The summed E-state index contributed by atoms with van der Waals surface area (Å²) >= 11 is 0. The first-order chi connectivity index (χ1) is 9.26. The average Bonchev–Trinajstić information content (AvgIpc) is 2.49. The first kappa shape index (κ1) is 13.6. The van der Waals surface area contributed by atoms with Crippen LogP contribution in [0.25, 0.3) is 11.1 Å². The molecule has 2 atom stereocenters.